The monoisotopic (exact) mass is 571 g/mol. The van der Waals surface area contributed by atoms with Gasteiger partial charge in [0, 0.05) is 63.6 Å². The Kier molecular flexibility index (Phi) is 11.0. The van der Waals surface area contributed by atoms with Crippen LogP contribution in [0.5, 0.6) is 0 Å². The standard InChI is InChI=1S/C23H30ClN5O2.HI/c1-25-23(26-10-3-5-12-27-11-4-2-9-21(27)30)29-15-13-28(14-16-29)22(31)18-19-7-6-8-20(24)17-19;/h2,4,6-9,11,17H,3,5,10,12-16,18H2,1H3,(H,25,26);1H. The molecule has 0 unspecified atom stereocenters. The van der Waals surface area contributed by atoms with Crippen LogP contribution in [0.2, 0.25) is 5.02 Å². The highest BCUT2D eigenvalue weighted by Gasteiger charge is 2.23. The highest BCUT2D eigenvalue weighted by molar-refractivity contribution is 14.0. The van der Waals surface area contributed by atoms with E-state index >= 15 is 0 Å². The Morgan fingerprint density at radius 1 is 1.06 bits per heavy atom. The maximum absolute atomic E-state index is 12.6. The second-order valence-electron chi connectivity index (χ2n) is 7.59. The molecule has 7 nitrogen and oxygen atoms in total. The van der Waals surface area contributed by atoms with Crippen molar-refractivity contribution in [3.8, 4) is 0 Å². The van der Waals surface area contributed by atoms with Crippen LogP contribution >= 0.6 is 35.6 Å². The quantitative estimate of drug-likeness (QED) is 0.240. The number of nitrogens with zero attached hydrogens (tertiary/aromatic N) is 4. The molecule has 0 aliphatic carbocycles. The van der Waals surface area contributed by atoms with Crippen molar-refractivity contribution in [2.45, 2.75) is 25.8 Å². The topological polar surface area (TPSA) is 69.9 Å². The predicted molar refractivity (Wildman–Crippen MR) is 140 cm³/mol. The Bertz CT molecular complexity index is 957. The number of pyridine rings is 1. The van der Waals surface area contributed by atoms with E-state index in [9.17, 15) is 9.59 Å². The average Bonchev–Trinajstić information content (AvgIpc) is 2.77. The summed E-state index contributed by atoms with van der Waals surface area (Å²) in [4.78, 5) is 32.8. The van der Waals surface area contributed by atoms with Gasteiger partial charge in [-0.15, -0.1) is 24.0 Å². The molecule has 1 fully saturated rings. The molecule has 9 heteroatoms. The fraction of sp³-hybridized carbons (Fsp3) is 0.435. The van der Waals surface area contributed by atoms with Gasteiger partial charge < -0.3 is 19.7 Å². The molecule has 1 aromatic carbocycles. The third-order valence-electron chi connectivity index (χ3n) is 5.40. The van der Waals surface area contributed by atoms with Crippen molar-refractivity contribution in [2.24, 2.45) is 4.99 Å². The van der Waals surface area contributed by atoms with Gasteiger partial charge in [0.1, 0.15) is 0 Å². The maximum atomic E-state index is 12.6. The molecule has 0 spiro atoms. The van der Waals surface area contributed by atoms with Crippen molar-refractivity contribution >= 4 is 47.4 Å². The Morgan fingerprint density at radius 2 is 1.81 bits per heavy atom. The first-order valence-electron chi connectivity index (χ1n) is 10.7. The van der Waals surface area contributed by atoms with Gasteiger partial charge in [0.2, 0.25) is 11.5 Å². The number of amides is 1. The first kappa shape index (κ1) is 26.2. The molecule has 1 amide bonds. The van der Waals surface area contributed by atoms with E-state index in [1.165, 1.54) is 0 Å². The van der Waals surface area contributed by atoms with Crippen LogP contribution in [0.25, 0.3) is 0 Å². The molecule has 1 saturated heterocycles. The molecule has 1 aromatic heterocycles. The SMILES string of the molecule is CN=C(NCCCCn1ccccc1=O)N1CCN(C(=O)Cc2cccc(Cl)c2)CC1.I. The van der Waals surface area contributed by atoms with E-state index in [1.807, 2.05) is 41.4 Å². The summed E-state index contributed by atoms with van der Waals surface area (Å²) in [7, 11) is 1.78. The first-order valence-corrected chi connectivity index (χ1v) is 11.1. The lowest BCUT2D eigenvalue weighted by Crippen LogP contribution is -2.54. The normalized spacial score (nSPS) is 14.1. The number of piperazine rings is 1. The van der Waals surface area contributed by atoms with E-state index in [0.717, 1.165) is 44.0 Å². The van der Waals surface area contributed by atoms with Crippen LogP contribution in [-0.2, 0) is 17.8 Å². The molecule has 0 radical (unpaired) electrons. The van der Waals surface area contributed by atoms with Crippen molar-refractivity contribution in [3.63, 3.8) is 0 Å². The van der Waals surface area contributed by atoms with Gasteiger partial charge in [-0.2, -0.15) is 0 Å². The summed E-state index contributed by atoms with van der Waals surface area (Å²) in [6, 6.07) is 12.7. The van der Waals surface area contributed by atoms with Gasteiger partial charge in [-0.05, 0) is 36.6 Å². The minimum atomic E-state index is 0. The second kappa shape index (κ2) is 13.5. The van der Waals surface area contributed by atoms with Gasteiger partial charge in [-0.25, -0.2) is 0 Å². The van der Waals surface area contributed by atoms with E-state index in [2.05, 4.69) is 15.2 Å². The van der Waals surface area contributed by atoms with Crippen LogP contribution in [0, 0.1) is 0 Å². The van der Waals surface area contributed by atoms with Crippen molar-refractivity contribution in [3.05, 3.63) is 69.6 Å². The Hall–Kier alpha value is -2.07. The summed E-state index contributed by atoms with van der Waals surface area (Å²) in [5.74, 6) is 0.986. The Morgan fingerprint density at radius 3 is 2.50 bits per heavy atom. The zero-order chi connectivity index (χ0) is 22.1. The van der Waals surface area contributed by atoms with Gasteiger partial charge in [-0.3, -0.25) is 14.6 Å². The van der Waals surface area contributed by atoms with Crippen molar-refractivity contribution < 1.29 is 4.79 Å². The lowest BCUT2D eigenvalue weighted by atomic mass is 10.1. The van der Waals surface area contributed by atoms with Gasteiger partial charge in [0.05, 0.1) is 6.42 Å². The fourth-order valence-corrected chi connectivity index (χ4v) is 3.90. The zero-order valence-electron chi connectivity index (χ0n) is 18.4. The van der Waals surface area contributed by atoms with Gasteiger partial charge in [0.25, 0.3) is 0 Å². The highest BCUT2D eigenvalue weighted by Crippen LogP contribution is 2.13. The number of halogens is 2. The number of hydrogen-bond acceptors (Lipinski definition) is 3. The third-order valence-corrected chi connectivity index (χ3v) is 5.63. The number of rotatable bonds is 7. The van der Waals surface area contributed by atoms with E-state index in [0.29, 0.717) is 31.1 Å². The van der Waals surface area contributed by atoms with Crippen LogP contribution < -0.4 is 10.9 Å². The van der Waals surface area contributed by atoms with E-state index in [-0.39, 0.29) is 35.4 Å². The lowest BCUT2D eigenvalue weighted by molar-refractivity contribution is -0.131. The molecular weight excluding hydrogens is 541 g/mol. The fourth-order valence-electron chi connectivity index (χ4n) is 3.69. The van der Waals surface area contributed by atoms with Crippen LogP contribution in [0.1, 0.15) is 18.4 Å². The van der Waals surface area contributed by atoms with Gasteiger partial charge in [0.15, 0.2) is 5.96 Å². The number of nitrogens with one attached hydrogen (secondary N) is 1. The Labute approximate surface area is 211 Å². The summed E-state index contributed by atoms with van der Waals surface area (Å²) >= 11 is 6.02. The summed E-state index contributed by atoms with van der Waals surface area (Å²) in [5, 5.41) is 4.05. The number of hydrogen-bond donors (Lipinski definition) is 1. The number of benzene rings is 1. The first-order chi connectivity index (χ1) is 15.1. The second-order valence-corrected chi connectivity index (χ2v) is 8.02. The van der Waals surface area contributed by atoms with Crippen LogP contribution in [-0.4, -0.2) is 66.0 Å². The smallest absolute Gasteiger partial charge is 0.250 e. The number of guanidine groups is 1. The van der Waals surface area contributed by atoms with Crippen LogP contribution in [0.15, 0.2) is 58.4 Å². The molecule has 32 heavy (non-hydrogen) atoms. The number of unbranched alkanes of at least 4 members (excludes halogenated alkanes) is 1. The molecule has 2 aromatic rings. The molecular formula is C23H31ClIN5O2. The largest absolute Gasteiger partial charge is 0.356 e. The summed E-state index contributed by atoms with van der Waals surface area (Å²) in [6.45, 7) is 4.37. The van der Waals surface area contributed by atoms with E-state index in [4.69, 9.17) is 11.6 Å². The molecule has 0 bridgehead atoms. The molecule has 2 heterocycles. The number of carbonyl (C=O) groups excluding carboxylic acids is 1. The van der Waals surface area contributed by atoms with E-state index < -0.39 is 0 Å². The molecule has 3 rings (SSSR count). The van der Waals surface area contributed by atoms with Gasteiger partial charge in [-0.1, -0.05) is 29.8 Å². The Balaban J connectivity index is 0.00000363. The van der Waals surface area contributed by atoms with Crippen LogP contribution in [0.3, 0.4) is 0 Å². The van der Waals surface area contributed by atoms with E-state index in [1.54, 1.807) is 23.7 Å². The predicted octanol–water partition coefficient (Wildman–Crippen LogP) is 2.86. The number of aromatic nitrogens is 1. The summed E-state index contributed by atoms with van der Waals surface area (Å²) in [5.41, 5.74) is 0.976. The molecule has 0 saturated carbocycles. The molecule has 1 N–H and O–H groups in total. The highest BCUT2D eigenvalue weighted by atomic mass is 127. The average molecular weight is 572 g/mol. The van der Waals surface area contributed by atoms with Gasteiger partial charge >= 0.3 is 0 Å². The lowest BCUT2D eigenvalue weighted by Gasteiger charge is -2.36. The maximum Gasteiger partial charge on any atom is 0.250 e. The minimum Gasteiger partial charge on any atom is -0.356 e. The summed E-state index contributed by atoms with van der Waals surface area (Å²) in [6.07, 6.45) is 4.05. The number of carbonyl (C=O) groups is 1. The molecule has 0 atom stereocenters. The number of aliphatic imine (C=N–C) groups is 1. The molecule has 1 aliphatic rings. The van der Waals surface area contributed by atoms with Crippen molar-refractivity contribution in [2.75, 3.05) is 39.8 Å². The molecule has 174 valence electrons. The molecule has 1 aliphatic heterocycles. The zero-order valence-corrected chi connectivity index (χ0v) is 21.5. The minimum absolute atomic E-state index is 0. The summed E-state index contributed by atoms with van der Waals surface area (Å²) < 4.78 is 1.73. The van der Waals surface area contributed by atoms with Crippen molar-refractivity contribution in [1.82, 2.24) is 19.7 Å². The number of aryl methyl sites for hydroxylation is 1. The van der Waals surface area contributed by atoms with Crippen molar-refractivity contribution in [1.29, 1.82) is 0 Å². The van der Waals surface area contributed by atoms with Crippen LogP contribution in [0.4, 0.5) is 0 Å². The third kappa shape index (κ3) is 7.81.